The first-order chi connectivity index (χ1) is 13.4. The first-order valence-electron chi connectivity index (χ1n) is 9.98. The predicted octanol–water partition coefficient (Wildman–Crippen LogP) is 4.48. The molecule has 1 rings (SSSR count). The SMILES string of the molecule is CC(C)(C)OC(=O)N(CCC(N)CCOCc1ccccc1)C(=O)OC(C)(C)C. The molecular formula is C22H36N2O5. The molecule has 0 heterocycles. The number of carbonyl (C=O) groups excluding carboxylic acids is 2. The van der Waals surface area contributed by atoms with E-state index in [4.69, 9.17) is 19.9 Å². The predicted molar refractivity (Wildman–Crippen MR) is 112 cm³/mol. The quantitative estimate of drug-likeness (QED) is 0.638. The Bertz CT molecular complexity index is 607. The summed E-state index contributed by atoms with van der Waals surface area (Å²) in [5.74, 6) is 0. The standard InChI is InChI=1S/C22H36N2O5/c1-21(2,3)28-19(25)24(20(26)29-22(4,5)6)14-12-18(23)13-15-27-16-17-10-8-7-9-11-17/h7-11,18H,12-16,23H2,1-6H3. The maximum absolute atomic E-state index is 12.5. The first kappa shape index (κ1) is 24.9. The van der Waals surface area contributed by atoms with Crippen molar-refractivity contribution >= 4 is 12.2 Å². The molecule has 164 valence electrons. The van der Waals surface area contributed by atoms with Gasteiger partial charge in [0.05, 0.1) is 6.61 Å². The second kappa shape index (κ2) is 11.2. The molecule has 0 aliphatic rings. The van der Waals surface area contributed by atoms with Crippen LogP contribution in [0.25, 0.3) is 0 Å². The van der Waals surface area contributed by atoms with Crippen LogP contribution >= 0.6 is 0 Å². The van der Waals surface area contributed by atoms with Crippen LogP contribution < -0.4 is 5.73 Å². The monoisotopic (exact) mass is 408 g/mol. The Balaban J connectivity index is 2.52. The average molecular weight is 409 g/mol. The lowest BCUT2D eigenvalue weighted by Crippen LogP contribution is -2.45. The molecule has 0 radical (unpaired) electrons. The molecule has 0 aliphatic carbocycles. The highest BCUT2D eigenvalue weighted by molar-refractivity contribution is 5.88. The Kier molecular flexibility index (Phi) is 9.59. The van der Waals surface area contributed by atoms with Crippen LogP contribution in [0.3, 0.4) is 0 Å². The molecule has 0 bridgehead atoms. The van der Waals surface area contributed by atoms with Gasteiger partial charge >= 0.3 is 12.2 Å². The van der Waals surface area contributed by atoms with Crippen molar-refractivity contribution in [1.82, 2.24) is 4.90 Å². The molecule has 1 unspecified atom stereocenters. The molecule has 0 spiro atoms. The topological polar surface area (TPSA) is 91.1 Å². The maximum atomic E-state index is 12.5. The van der Waals surface area contributed by atoms with Crippen LogP contribution in [0.4, 0.5) is 9.59 Å². The molecule has 2 amide bonds. The molecule has 0 aromatic heterocycles. The number of amides is 2. The highest BCUT2D eigenvalue weighted by Crippen LogP contribution is 2.15. The molecule has 0 fully saturated rings. The van der Waals surface area contributed by atoms with E-state index in [-0.39, 0.29) is 12.6 Å². The zero-order chi connectivity index (χ0) is 22.1. The third kappa shape index (κ3) is 11.5. The number of carbonyl (C=O) groups is 2. The average Bonchev–Trinajstić information content (AvgIpc) is 2.56. The van der Waals surface area contributed by atoms with Gasteiger partial charge in [-0.2, -0.15) is 0 Å². The lowest BCUT2D eigenvalue weighted by molar-refractivity contribution is 0.000884. The van der Waals surface area contributed by atoms with Gasteiger partial charge in [0.1, 0.15) is 11.2 Å². The Morgan fingerprint density at radius 2 is 1.45 bits per heavy atom. The number of nitrogens with zero attached hydrogens (tertiary/aromatic N) is 1. The fraction of sp³-hybridized carbons (Fsp3) is 0.636. The fourth-order valence-corrected chi connectivity index (χ4v) is 2.33. The van der Waals surface area contributed by atoms with Gasteiger partial charge in [-0.15, -0.1) is 0 Å². The third-order valence-electron chi connectivity index (χ3n) is 3.70. The summed E-state index contributed by atoms with van der Waals surface area (Å²) in [4.78, 5) is 25.9. The minimum atomic E-state index is -0.737. The van der Waals surface area contributed by atoms with Gasteiger partial charge in [0.15, 0.2) is 0 Å². The van der Waals surface area contributed by atoms with Gasteiger partial charge in [0.2, 0.25) is 0 Å². The normalized spacial score (nSPS) is 12.9. The van der Waals surface area contributed by atoms with Gasteiger partial charge in [-0.3, -0.25) is 0 Å². The second-order valence-corrected chi connectivity index (χ2v) is 8.99. The van der Waals surface area contributed by atoms with Gasteiger partial charge in [0, 0.05) is 19.2 Å². The van der Waals surface area contributed by atoms with E-state index < -0.39 is 23.4 Å². The van der Waals surface area contributed by atoms with Crippen molar-refractivity contribution in [3.05, 3.63) is 35.9 Å². The molecular weight excluding hydrogens is 372 g/mol. The molecule has 7 heteroatoms. The van der Waals surface area contributed by atoms with Crippen LogP contribution in [0, 0.1) is 0 Å². The van der Waals surface area contributed by atoms with Gasteiger partial charge < -0.3 is 19.9 Å². The summed E-state index contributed by atoms with van der Waals surface area (Å²) in [5, 5.41) is 0. The van der Waals surface area contributed by atoms with Crippen molar-refractivity contribution in [2.24, 2.45) is 5.73 Å². The van der Waals surface area contributed by atoms with Gasteiger partial charge in [-0.25, -0.2) is 14.5 Å². The van der Waals surface area contributed by atoms with Gasteiger partial charge in [-0.05, 0) is 59.9 Å². The van der Waals surface area contributed by atoms with E-state index in [1.54, 1.807) is 41.5 Å². The van der Waals surface area contributed by atoms with Crippen LogP contribution in [0.15, 0.2) is 30.3 Å². The lowest BCUT2D eigenvalue weighted by Gasteiger charge is -2.29. The molecule has 0 aliphatic heterocycles. The van der Waals surface area contributed by atoms with E-state index in [0.717, 1.165) is 10.5 Å². The number of benzene rings is 1. The zero-order valence-corrected chi connectivity index (χ0v) is 18.6. The number of rotatable bonds is 8. The maximum Gasteiger partial charge on any atom is 0.419 e. The van der Waals surface area contributed by atoms with Gasteiger partial charge in [-0.1, -0.05) is 30.3 Å². The smallest absolute Gasteiger partial charge is 0.419 e. The summed E-state index contributed by atoms with van der Waals surface area (Å²) in [6.07, 6.45) is -0.435. The third-order valence-corrected chi connectivity index (χ3v) is 3.70. The number of hydrogen-bond acceptors (Lipinski definition) is 6. The number of nitrogens with two attached hydrogens (primary N) is 1. The molecule has 1 aromatic rings. The van der Waals surface area contributed by atoms with Gasteiger partial charge in [0.25, 0.3) is 0 Å². The van der Waals surface area contributed by atoms with E-state index in [1.807, 2.05) is 30.3 Å². The Morgan fingerprint density at radius 1 is 0.931 bits per heavy atom. The van der Waals surface area contributed by atoms with E-state index in [1.165, 1.54) is 0 Å². The number of imide groups is 1. The summed E-state index contributed by atoms with van der Waals surface area (Å²) in [6.45, 7) is 11.6. The van der Waals surface area contributed by atoms with E-state index in [0.29, 0.717) is 26.1 Å². The van der Waals surface area contributed by atoms with E-state index in [2.05, 4.69) is 0 Å². The van der Waals surface area contributed by atoms with Crippen molar-refractivity contribution < 1.29 is 23.8 Å². The molecule has 29 heavy (non-hydrogen) atoms. The summed E-state index contributed by atoms with van der Waals surface area (Å²) in [5.41, 5.74) is 5.81. The molecule has 0 saturated heterocycles. The van der Waals surface area contributed by atoms with Crippen molar-refractivity contribution in [1.29, 1.82) is 0 Å². The lowest BCUT2D eigenvalue weighted by atomic mass is 10.1. The van der Waals surface area contributed by atoms with Crippen molar-refractivity contribution in [3.63, 3.8) is 0 Å². The Hall–Kier alpha value is -2.12. The minimum absolute atomic E-state index is 0.115. The van der Waals surface area contributed by atoms with Crippen LogP contribution in [-0.4, -0.2) is 47.5 Å². The second-order valence-electron chi connectivity index (χ2n) is 8.99. The van der Waals surface area contributed by atoms with Crippen LogP contribution in [0.5, 0.6) is 0 Å². The largest absolute Gasteiger partial charge is 0.443 e. The van der Waals surface area contributed by atoms with E-state index >= 15 is 0 Å². The summed E-state index contributed by atoms with van der Waals surface area (Å²) in [7, 11) is 0. The van der Waals surface area contributed by atoms with E-state index in [9.17, 15) is 9.59 Å². The van der Waals surface area contributed by atoms with Crippen molar-refractivity contribution in [2.45, 2.75) is 78.2 Å². The molecule has 1 aromatic carbocycles. The summed E-state index contributed by atoms with van der Waals surface area (Å²) >= 11 is 0. The number of ether oxygens (including phenoxy) is 3. The molecule has 1 atom stereocenters. The number of hydrogen-bond donors (Lipinski definition) is 1. The minimum Gasteiger partial charge on any atom is -0.443 e. The Labute approximate surface area is 174 Å². The summed E-state index contributed by atoms with van der Waals surface area (Å²) in [6, 6.07) is 9.66. The first-order valence-corrected chi connectivity index (χ1v) is 9.98. The van der Waals surface area contributed by atoms with Crippen LogP contribution in [0.2, 0.25) is 0 Å². The highest BCUT2D eigenvalue weighted by atomic mass is 16.6. The van der Waals surface area contributed by atoms with Crippen molar-refractivity contribution in [2.75, 3.05) is 13.2 Å². The Morgan fingerprint density at radius 3 is 1.93 bits per heavy atom. The molecule has 7 nitrogen and oxygen atoms in total. The zero-order valence-electron chi connectivity index (χ0n) is 18.6. The molecule has 2 N–H and O–H groups in total. The summed E-state index contributed by atoms with van der Waals surface area (Å²) < 4.78 is 16.3. The molecule has 0 saturated carbocycles. The van der Waals surface area contributed by atoms with Crippen LogP contribution in [-0.2, 0) is 20.8 Å². The highest BCUT2D eigenvalue weighted by Gasteiger charge is 2.31. The fourth-order valence-electron chi connectivity index (χ4n) is 2.33. The van der Waals surface area contributed by atoms with Crippen molar-refractivity contribution in [3.8, 4) is 0 Å². The van der Waals surface area contributed by atoms with Crippen LogP contribution in [0.1, 0.15) is 59.9 Å².